The number of hydrogen-bond acceptors (Lipinski definition) is 3. The third-order valence-electron chi connectivity index (χ3n) is 1.85. The summed E-state index contributed by atoms with van der Waals surface area (Å²) in [7, 11) is 0. The second kappa shape index (κ2) is 5.11. The molecule has 0 aromatic heterocycles. The van der Waals surface area contributed by atoms with Gasteiger partial charge in [0, 0.05) is 0 Å². The van der Waals surface area contributed by atoms with E-state index in [0.717, 1.165) is 0 Å². The SMILES string of the molecule is CCOC(=O)[C@H](C#N)c1ccc(F)cc1. The molecule has 0 heterocycles. The summed E-state index contributed by atoms with van der Waals surface area (Å²) >= 11 is 0. The molecule has 0 bridgehead atoms. The van der Waals surface area contributed by atoms with Crippen LogP contribution < -0.4 is 0 Å². The normalized spacial score (nSPS) is 11.5. The van der Waals surface area contributed by atoms with Crippen LogP contribution in [0.2, 0.25) is 0 Å². The molecular weight excluding hydrogens is 197 g/mol. The van der Waals surface area contributed by atoms with Crippen molar-refractivity contribution in [3.8, 4) is 6.07 Å². The van der Waals surface area contributed by atoms with Crippen molar-refractivity contribution in [2.45, 2.75) is 12.8 Å². The molecule has 3 nitrogen and oxygen atoms in total. The molecular formula is C11H10FNO2. The van der Waals surface area contributed by atoms with Crippen LogP contribution in [0.4, 0.5) is 4.39 Å². The second-order valence-electron chi connectivity index (χ2n) is 2.87. The minimum Gasteiger partial charge on any atom is -0.465 e. The van der Waals surface area contributed by atoms with Crippen molar-refractivity contribution in [2.75, 3.05) is 6.61 Å². The van der Waals surface area contributed by atoms with Crippen molar-refractivity contribution in [3.05, 3.63) is 35.6 Å². The van der Waals surface area contributed by atoms with Gasteiger partial charge in [-0.1, -0.05) is 12.1 Å². The topological polar surface area (TPSA) is 50.1 Å². The van der Waals surface area contributed by atoms with E-state index in [9.17, 15) is 9.18 Å². The fourth-order valence-electron chi connectivity index (χ4n) is 1.14. The Morgan fingerprint density at radius 3 is 2.60 bits per heavy atom. The summed E-state index contributed by atoms with van der Waals surface area (Å²) in [5, 5.41) is 8.80. The van der Waals surface area contributed by atoms with Crippen LogP contribution in [-0.4, -0.2) is 12.6 Å². The zero-order chi connectivity index (χ0) is 11.3. The molecule has 0 aliphatic heterocycles. The van der Waals surface area contributed by atoms with Gasteiger partial charge in [0.1, 0.15) is 5.82 Å². The molecule has 78 valence electrons. The van der Waals surface area contributed by atoms with E-state index in [4.69, 9.17) is 10.00 Å². The molecule has 1 atom stereocenters. The zero-order valence-electron chi connectivity index (χ0n) is 8.24. The van der Waals surface area contributed by atoms with Crippen LogP contribution in [0.5, 0.6) is 0 Å². The highest BCUT2D eigenvalue weighted by Gasteiger charge is 2.21. The lowest BCUT2D eigenvalue weighted by Gasteiger charge is -2.07. The third kappa shape index (κ3) is 2.78. The van der Waals surface area contributed by atoms with Crippen molar-refractivity contribution in [1.82, 2.24) is 0 Å². The number of nitrogens with zero attached hydrogens (tertiary/aromatic N) is 1. The third-order valence-corrected chi connectivity index (χ3v) is 1.85. The minimum absolute atomic E-state index is 0.220. The van der Waals surface area contributed by atoms with Crippen LogP contribution in [0.3, 0.4) is 0 Å². The molecule has 1 aromatic carbocycles. The molecule has 1 rings (SSSR count). The van der Waals surface area contributed by atoms with E-state index in [1.807, 2.05) is 6.07 Å². The van der Waals surface area contributed by atoms with Crippen LogP contribution >= 0.6 is 0 Å². The van der Waals surface area contributed by atoms with Gasteiger partial charge in [0.25, 0.3) is 0 Å². The van der Waals surface area contributed by atoms with Crippen molar-refractivity contribution >= 4 is 5.97 Å². The fourth-order valence-corrected chi connectivity index (χ4v) is 1.14. The first-order chi connectivity index (χ1) is 7.19. The number of nitriles is 1. The van der Waals surface area contributed by atoms with Gasteiger partial charge < -0.3 is 4.74 Å². The monoisotopic (exact) mass is 207 g/mol. The Morgan fingerprint density at radius 1 is 1.53 bits per heavy atom. The van der Waals surface area contributed by atoms with Crippen molar-refractivity contribution < 1.29 is 13.9 Å². The van der Waals surface area contributed by atoms with Gasteiger partial charge in [0.05, 0.1) is 12.7 Å². The molecule has 0 spiro atoms. The summed E-state index contributed by atoms with van der Waals surface area (Å²) in [5.74, 6) is -1.99. The van der Waals surface area contributed by atoms with E-state index in [1.165, 1.54) is 24.3 Å². The van der Waals surface area contributed by atoms with Gasteiger partial charge in [0.2, 0.25) is 0 Å². The molecule has 0 N–H and O–H groups in total. The Labute approximate surface area is 87.1 Å². The number of esters is 1. The van der Waals surface area contributed by atoms with Crippen LogP contribution in [0.25, 0.3) is 0 Å². The summed E-state index contributed by atoms with van der Waals surface area (Å²) in [4.78, 5) is 11.3. The van der Waals surface area contributed by atoms with Gasteiger partial charge >= 0.3 is 5.97 Å². The molecule has 0 unspecified atom stereocenters. The van der Waals surface area contributed by atoms with Gasteiger partial charge in [-0.05, 0) is 24.6 Å². The number of ether oxygens (including phenoxy) is 1. The molecule has 0 aliphatic rings. The van der Waals surface area contributed by atoms with Crippen LogP contribution in [-0.2, 0) is 9.53 Å². The zero-order valence-corrected chi connectivity index (χ0v) is 8.24. The lowest BCUT2D eigenvalue weighted by Crippen LogP contribution is -2.14. The Balaban J connectivity index is 2.89. The highest BCUT2D eigenvalue weighted by Crippen LogP contribution is 2.16. The van der Waals surface area contributed by atoms with Crippen LogP contribution in [0.1, 0.15) is 18.4 Å². The van der Waals surface area contributed by atoms with E-state index in [2.05, 4.69) is 0 Å². The quantitative estimate of drug-likeness (QED) is 0.712. The summed E-state index contributed by atoms with van der Waals surface area (Å²) in [6.07, 6.45) is 0. The average Bonchev–Trinajstić information content (AvgIpc) is 2.22. The Kier molecular flexibility index (Phi) is 3.81. The largest absolute Gasteiger partial charge is 0.465 e. The summed E-state index contributed by atoms with van der Waals surface area (Å²) < 4.78 is 17.3. The smallest absolute Gasteiger partial charge is 0.327 e. The maximum absolute atomic E-state index is 12.6. The highest BCUT2D eigenvalue weighted by molar-refractivity contribution is 5.81. The fraction of sp³-hybridized carbons (Fsp3) is 0.273. The maximum Gasteiger partial charge on any atom is 0.327 e. The Bertz CT molecular complexity index is 381. The molecule has 0 radical (unpaired) electrons. The van der Waals surface area contributed by atoms with Crippen molar-refractivity contribution in [2.24, 2.45) is 0 Å². The van der Waals surface area contributed by atoms with Crippen molar-refractivity contribution in [1.29, 1.82) is 5.26 Å². The highest BCUT2D eigenvalue weighted by atomic mass is 19.1. The molecule has 4 heteroatoms. The Morgan fingerprint density at radius 2 is 2.13 bits per heavy atom. The summed E-state index contributed by atoms with van der Waals surface area (Å²) in [6, 6.07) is 7.05. The van der Waals surface area contributed by atoms with E-state index in [0.29, 0.717) is 5.56 Å². The van der Waals surface area contributed by atoms with Gasteiger partial charge in [-0.3, -0.25) is 4.79 Å². The van der Waals surface area contributed by atoms with Gasteiger partial charge in [-0.25, -0.2) is 4.39 Å². The minimum atomic E-state index is -0.981. The van der Waals surface area contributed by atoms with E-state index in [1.54, 1.807) is 6.92 Å². The lowest BCUT2D eigenvalue weighted by molar-refractivity contribution is -0.143. The predicted molar refractivity (Wildman–Crippen MR) is 51.4 cm³/mol. The predicted octanol–water partition coefficient (Wildman–Crippen LogP) is 2.00. The van der Waals surface area contributed by atoms with Crippen molar-refractivity contribution in [3.63, 3.8) is 0 Å². The molecule has 15 heavy (non-hydrogen) atoms. The Hall–Kier alpha value is -1.89. The van der Waals surface area contributed by atoms with E-state index < -0.39 is 17.7 Å². The van der Waals surface area contributed by atoms with E-state index >= 15 is 0 Å². The first-order valence-electron chi connectivity index (χ1n) is 4.50. The van der Waals surface area contributed by atoms with Crippen LogP contribution in [0.15, 0.2) is 24.3 Å². The second-order valence-corrected chi connectivity index (χ2v) is 2.87. The van der Waals surface area contributed by atoms with E-state index in [-0.39, 0.29) is 6.61 Å². The first-order valence-corrected chi connectivity index (χ1v) is 4.50. The van der Waals surface area contributed by atoms with Gasteiger partial charge in [-0.2, -0.15) is 5.26 Å². The van der Waals surface area contributed by atoms with Crippen LogP contribution in [0, 0.1) is 17.1 Å². The molecule has 0 amide bonds. The lowest BCUT2D eigenvalue weighted by atomic mass is 10.0. The number of halogens is 1. The van der Waals surface area contributed by atoms with Gasteiger partial charge in [-0.15, -0.1) is 0 Å². The number of benzene rings is 1. The molecule has 0 fully saturated rings. The molecule has 0 aliphatic carbocycles. The number of carbonyl (C=O) groups is 1. The molecule has 0 saturated heterocycles. The average molecular weight is 207 g/mol. The number of hydrogen-bond donors (Lipinski definition) is 0. The number of carbonyl (C=O) groups excluding carboxylic acids is 1. The number of rotatable bonds is 3. The molecule has 0 saturated carbocycles. The standard InChI is InChI=1S/C11H10FNO2/c1-2-15-11(14)10(7-13)8-3-5-9(12)6-4-8/h3-6,10H,2H2,1H3/t10-/m1/s1. The summed E-state index contributed by atoms with van der Waals surface area (Å²) in [6.45, 7) is 1.88. The molecule has 1 aromatic rings. The maximum atomic E-state index is 12.6. The summed E-state index contributed by atoms with van der Waals surface area (Å²) in [5.41, 5.74) is 0.442. The van der Waals surface area contributed by atoms with Gasteiger partial charge in [0.15, 0.2) is 5.92 Å². The first kappa shape index (κ1) is 11.2.